The summed E-state index contributed by atoms with van der Waals surface area (Å²) in [7, 11) is 1.81. The molecule has 2 aliphatic rings. The van der Waals surface area contributed by atoms with Crippen molar-refractivity contribution in [3.8, 4) is 5.88 Å². The lowest BCUT2D eigenvalue weighted by Gasteiger charge is -2.15. The van der Waals surface area contributed by atoms with E-state index < -0.39 is 0 Å². The maximum Gasteiger partial charge on any atom is 0.213 e. The van der Waals surface area contributed by atoms with Crippen LogP contribution in [0, 0.1) is 5.92 Å². The van der Waals surface area contributed by atoms with Gasteiger partial charge in [-0.25, -0.2) is 4.98 Å². The Morgan fingerprint density at radius 2 is 2.15 bits per heavy atom. The second-order valence-corrected chi connectivity index (χ2v) is 6.97. The van der Waals surface area contributed by atoms with Gasteiger partial charge in [-0.1, -0.05) is 17.7 Å². The van der Waals surface area contributed by atoms with Crippen LogP contribution < -0.4 is 15.4 Å². The number of nitrogens with one attached hydrogen (secondary N) is 2. The van der Waals surface area contributed by atoms with E-state index in [1.54, 1.807) is 5.57 Å². The molecule has 1 saturated carbocycles. The molecule has 2 N–H and O–H groups in total. The van der Waals surface area contributed by atoms with Gasteiger partial charge in [0, 0.05) is 32.4 Å². The molecule has 0 saturated heterocycles. The Balaban J connectivity index is 0.00000243. The smallest absolute Gasteiger partial charge is 0.213 e. The van der Waals surface area contributed by atoms with Gasteiger partial charge in [0.2, 0.25) is 5.88 Å². The fraction of sp³-hybridized carbons (Fsp3) is 0.600. The minimum Gasteiger partial charge on any atom is -0.477 e. The van der Waals surface area contributed by atoms with Gasteiger partial charge in [-0.05, 0) is 56.4 Å². The molecule has 5 nitrogen and oxygen atoms in total. The fourth-order valence-corrected chi connectivity index (χ4v) is 2.97. The molecule has 0 aliphatic heterocycles. The number of halogens is 1. The van der Waals surface area contributed by atoms with Crippen LogP contribution in [-0.2, 0) is 6.54 Å². The van der Waals surface area contributed by atoms with E-state index in [1.807, 2.05) is 19.3 Å². The van der Waals surface area contributed by atoms with Crippen molar-refractivity contribution in [3.05, 3.63) is 35.5 Å². The molecule has 1 aromatic heterocycles. The quantitative estimate of drug-likeness (QED) is 0.261. The molecule has 0 radical (unpaired) electrons. The zero-order valence-electron chi connectivity index (χ0n) is 15.7. The number of ether oxygens (including phenoxy) is 1. The number of pyridine rings is 1. The fourth-order valence-electron chi connectivity index (χ4n) is 2.97. The van der Waals surface area contributed by atoms with E-state index >= 15 is 0 Å². The molecule has 144 valence electrons. The second-order valence-electron chi connectivity index (χ2n) is 6.97. The Kier molecular flexibility index (Phi) is 9.22. The first-order valence-corrected chi connectivity index (χ1v) is 9.53. The van der Waals surface area contributed by atoms with Crippen LogP contribution in [0.2, 0.25) is 0 Å². The van der Waals surface area contributed by atoms with Crippen molar-refractivity contribution in [1.82, 2.24) is 15.6 Å². The first-order chi connectivity index (χ1) is 12.3. The molecule has 0 aromatic carbocycles. The van der Waals surface area contributed by atoms with Crippen molar-refractivity contribution < 1.29 is 4.74 Å². The molecule has 2 aliphatic carbocycles. The van der Waals surface area contributed by atoms with Crippen LogP contribution in [0.25, 0.3) is 0 Å². The molecule has 0 atom stereocenters. The van der Waals surface area contributed by atoms with Crippen molar-refractivity contribution in [3.63, 3.8) is 0 Å². The van der Waals surface area contributed by atoms with E-state index in [0.29, 0.717) is 6.54 Å². The molecule has 0 unspecified atom stereocenters. The first-order valence-electron chi connectivity index (χ1n) is 9.53. The maximum absolute atomic E-state index is 5.67. The summed E-state index contributed by atoms with van der Waals surface area (Å²) >= 11 is 0. The molecule has 26 heavy (non-hydrogen) atoms. The van der Waals surface area contributed by atoms with Gasteiger partial charge in [0.15, 0.2) is 5.96 Å². The van der Waals surface area contributed by atoms with E-state index in [2.05, 4.69) is 32.8 Å². The zero-order valence-corrected chi connectivity index (χ0v) is 18.0. The second kappa shape index (κ2) is 11.4. The zero-order chi connectivity index (χ0) is 17.3. The van der Waals surface area contributed by atoms with Crippen LogP contribution in [0.5, 0.6) is 5.88 Å². The summed E-state index contributed by atoms with van der Waals surface area (Å²) < 4.78 is 5.67. The van der Waals surface area contributed by atoms with E-state index in [1.165, 1.54) is 38.5 Å². The number of guanidine groups is 1. The topological polar surface area (TPSA) is 58.5 Å². The molecule has 1 fully saturated rings. The third-order valence-electron chi connectivity index (χ3n) is 4.77. The highest BCUT2D eigenvalue weighted by Crippen LogP contribution is 2.29. The predicted octanol–water partition coefficient (Wildman–Crippen LogP) is 4.04. The van der Waals surface area contributed by atoms with Gasteiger partial charge < -0.3 is 15.4 Å². The third-order valence-corrected chi connectivity index (χ3v) is 4.77. The molecule has 6 heteroatoms. The predicted molar refractivity (Wildman–Crippen MR) is 117 cm³/mol. The van der Waals surface area contributed by atoms with Crippen molar-refractivity contribution >= 4 is 29.9 Å². The Morgan fingerprint density at radius 1 is 1.27 bits per heavy atom. The number of aliphatic imine (C=N–C) groups is 1. The number of allylic oxidation sites excluding steroid dienone is 1. The van der Waals surface area contributed by atoms with E-state index in [9.17, 15) is 0 Å². The summed E-state index contributed by atoms with van der Waals surface area (Å²) in [5.41, 5.74) is 2.71. The van der Waals surface area contributed by atoms with Crippen LogP contribution in [0.4, 0.5) is 0 Å². The van der Waals surface area contributed by atoms with E-state index in [-0.39, 0.29) is 24.0 Å². The lowest BCUT2D eigenvalue weighted by molar-refractivity contribution is 0.288. The summed E-state index contributed by atoms with van der Waals surface area (Å²) in [6.07, 6.45) is 13.2. The summed E-state index contributed by atoms with van der Waals surface area (Å²) in [5.74, 6) is 2.31. The van der Waals surface area contributed by atoms with Crippen molar-refractivity contribution in [1.29, 1.82) is 0 Å². The van der Waals surface area contributed by atoms with Crippen LogP contribution in [0.1, 0.15) is 50.5 Å². The van der Waals surface area contributed by atoms with Crippen LogP contribution in [-0.4, -0.2) is 31.1 Å². The SMILES string of the molecule is CN=C(NCCC1=CCCCC1)NCc1ccc(OCC2CC2)nc1.I. The molecule has 0 bridgehead atoms. The van der Waals surface area contributed by atoms with Crippen molar-refractivity contribution in [2.75, 3.05) is 20.2 Å². The highest BCUT2D eigenvalue weighted by Gasteiger charge is 2.22. The monoisotopic (exact) mass is 470 g/mol. The number of aromatic nitrogens is 1. The van der Waals surface area contributed by atoms with Gasteiger partial charge in [-0.2, -0.15) is 0 Å². The standard InChI is InChI=1S/C20H30N4O.HI/c1-21-20(22-12-11-16-5-3-2-4-6-16)24-14-18-9-10-19(23-13-18)25-15-17-7-8-17;/h5,9-10,13,17H,2-4,6-8,11-12,14-15H2,1H3,(H2,21,22,24);1H. The molecular formula is C20H31IN4O. The van der Waals surface area contributed by atoms with Crippen molar-refractivity contribution in [2.24, 2.45) is 10.9 Å². The van der Waals surface area contributed by atoms with E-state index in [4.69, 9.17) is 4.74 Å². The number of hydrogen-bond acceptors (Lipinski definition) is 3. The molecule has 1 heterocycles. The van der Waals surface area contributed by atoms with Gasteiger partial charge >= 0.3 is 0 Å². The van der Waals surface area contributed by atoms with E-state index in [0.717, 1.165) is 42.9 Å². The Hall–Kier alpha value is -1.31. The van der Waals surface area contributed by atoms with Gasteiger partial charge in [0.25, 0.3) is 0 Å². The minimum absolute atomic E-state index is 0. The maximum atomic E-state index is 5.67. The number of nitrogens with zero attached hydrogens (tertiary/aromatic N) is 2. The van der Waals surface area contributed by atoms with Crippen LogP contribution in [0.3, 0.4) is 0 Å². The Labute approximate surface area is 174 Å². The lowest BCUT2D eigenvalue weighted by Crippen LogP contribution is -2.37. The molecule has 3 rings (SSSR count). The Morgan fingerprint density at radius 3 is 2.81 bits per heavy atom. The first kappa shape index (κ1) is 21.0. The molecule has 0 amide bonds. The molecular weight excluding hydrogens is 439 g/mol. The summed E-state index contributed by atoms with van der Waals surface area (Å²) in [4.78, 5) is 8.66. The van der Waals surface area contributed by atoms with Crippen molar-refractivity contribution in [2.45, 2.75) is 51.5 Å². The van der Waals surface area contributed by atoms with Gasteiger partial charge in [-0.3, -0.25) is 4.99 Å². The molecule has 1 aromatic rings. The highest BCUT2D eigenvalue weighted by molar-refractivity contribution is 14.0. The summed E-state index contributed by atoms with van der Waals surface area (Å²) in [5, 5.41) is 6.73. The minimum atomic E-state index is 0. The average Bonchev–Trinajstić information content (AvgIpc) is 3.49. The number of rotatable bonds is 8. The summed E-state index contributed by atoms with van der Waals surface area (Å²) in [6, 6.07) is 4.01. The largest absolute Gasteiger partial charge is 0.477 e. The molecule has 0 spiro atoms. The van der Waals surface area contributed by atoms with Gasteiger partial charge in [-0.15, -0.1) is 24.0 Å². The third kappa shape index (κ3) is 7.51. The average molecular weight is 470 g/mol. The highest BCUT2D eigenvalue weighted by atomic mass is 127. The summed E-state index contributed by atoms with van der Waals surface area (Å²) in [6.45, 7) is 2.44. The number of hydrogen-bond donors (Lipinski definition) is 2. The Bertz CT molecular complexity index is 596. The van der Waals surface area contributed by atoms with Gasteiger partial charge in [0.1, 0.15) is 0 Å². The van der Waals surface area contributed by atoms with Crippen LogP contribution >= 0.6 is 24.0 Å². The normalized spacial score (nSPS) is 17.1. The van der Waals surface area contributed by atoms with Gasteiger partial charge in [0.05, 0.1) is 6.61 Å². The lowest BCUT2D eigenvalue weighted by atomic mass is 9.97. The van der Waals surface area contributed by atoms with Crippen LogP contribution in [0.15, 0.2) is 35.0 Å².